The van der Waals surface area contributed by atoms with E-state index in [4.69, 9.17) is 0 Å². The number of hydrogen-bond acceptors (Lipinski definition) is 3. The molecule has 4 nitrogen and oxygen atoms in total. The topological polar surface area (TPSA) is 59.1 Å². The van der Waals surface area contributed by atoms with E-state index in [2.05, 4.69) is 32.3 Å². The second-order valence-corrected chi connectivity index (χ2v) is 6.98. The maximum atomic E-state index is 12.0. The molecule has 0 aliphatic carbocycles. The SMILES string of the molecule is O=S(=O)(NCCc1cccnc1)c1ccc(I)cc1. The maximum Gasteiger partial charge on any atom is 0.240 e. The first-order valence-corrected chi connectivity index (χ1v) is 8.28. The zero-order valence-corrected chi connectivity index (χ0v) is 13.1. The van der Waals surface area contributed by atoms with Gasteiger partial charge in [-0.05, 0) is 64.9 Å². The molecule has 1 aromatic heterocycles. The van der Waals surface area contributed by atoms with Crippen LogP contribution in [-0.2, 0) is 16.4 Å². The first kappa shape index (κ1) is 14.4. The van der Waals surface area contributed by atoms with Crippen molar-refractivity contribution in [2.75, 3.05) is 6.54 Å². The van der Waals surface area contributed by atoms with Gasteiger partial charge in [0.25, 0.3) is 0 Å². The Bertz CT molecular complexity index is 627. The van der Waals surface area contributed by atoms with Gasteiger partial charge in [0.15, 0.2) is 0 Å². The van der Waals surface area contributed by atoms with E-state index in [-0.39, 0.29) is 0 Å². The molecule has 0 spiro atoms. The van der Waals surface area contributed by atoms with Crippen molar-refractivity contribution < 1.29 is 8.42 Å². The Labute approximate surface area is 126 Å². The fraction of sp³-hybridized carbons (Fsp3) is 0.154. The minimum Gasteiger partial charge on any atom is -0.264 e. The smallest absolute Gasteiger partial charge is 0.240 e. The highest BCUT2D eigenvalue weighted by Crippen LogP contribution is 2.11. The largest absolute Gasteiger partial charge is 0.264 e. The fourth-order valence-electron chi connectivity index (χ4n) is 1.57. The molecule has 100 valence electrons. The van der Waals surface area contributed by atoms with Crippen LogP contribution in [0.15, 0.2) is 53.7 Å². The molecule has 0 bridgehead atoms. The quantitative estimate of drug-likeness (QED) is 0.800. The molecule has 0 amide bonds. The highest BCUT2D eigenvalue weighted by Gasteiger charge is 2.12. The standard InChI is InChI=1S/C13H13IN2O2S/c14-12-3-5-13(6-4-12)19(17,18)16-9-7-11-2-1-8-15-10-11/h1-6,8,10,16H,7,9H2. The van der Waals surface area contributed by atoms with E-state index < -0.39 is 10.0 Å². The summed E-state index contributed by atoms with van der Waals surface area (Å²) >= 11 is 2.14. The van der Waals surface area contributed by atoms with Crippen LogP contribution in [-0.4, -0.2) is 19.9 Å². The predicted molar refractivity (Wildman–Crippen MR) is 82.3 cm³/mol. The molecule has 19 heavy (non-hydrogen) atoms. The molecular formula is C13H13IN2O2S. The van der Waals surface area contributed by atoms with Crippen LogP contribution < -0.4 is 4.72 Å². The number of sulfonamides is 1. The maximum absolute atomic E-state index is 12.0. The highest BCUT2D eigenvalue weighted by atomic mass is 127. The molecule has 2 rings (SSSR count). The zero-order valence-electron chi connectivity index (χ0n) is 10.1. The van der Waals surface area contributed by atoms with E-state index in [0.717, 1.165) is 9.13 Å². The van der Waals surface area contributed by atoms with Crippen LogP contribution in [0.3, 0.4) is 0 Å². The Morgan fingerprint density at radius 2 is 1.89 bits per heavy atom. The number of rotatable bonds is 5. The van der Waals surface area contributed by atoms with Gasteiger partial charge in [-0.3, -0.25) is 4.98 Å². The summed E-state index contributed by atoms with van der Waals surface area (Å²) in [6, 6.07) is 10.5. The average Bonchev–Trinajstić information content (AvgIpc) is 2.40. The molecule has 0 fully saturated rings. The molecule has 0 saturated carbocycles. The van der Waals surface area contributed by atoms with Crippen molar-refractivity contribution in [1.82, 2.24) is 9.71 Å². The number of halogens is 1. The predicted octanol–water partition coefficient (Wildman–Crippen LogP) is 2.21. The summed E-state index contributed by atoms with van der Waals surface area (Å²) in [6.45, 7) is 0.361. The van der Waals surface area contributed by atoms with Crippen molar-refractivity contribution in [3.05, 3.63) is 57.9 Å². The number of hydrogen-bond donors (Lipinski definition) is 1. The second kappa shape index (κ2) is 6.44. The number of benzene rings is 1. The summed E-state index contributed by atoms with van der Waals surface area (Å²) in [5.74, 6) is 0. The normalized spacial score (nSPS) is 11.4. The summed E-state index contributed by atoms with van der Waals surface area (Å²) in [5, 5.41) is 0. The highest BCUT2D eigenvalue weighted by molar-refractivity contribution is 14.1. The molecule has 6 heteroatoms. The van der Waals surface area contributed by atoms with E-state index in [0.29, 0.717) is 17.9 Å². The fourth-order valence-corrected chi connectivity index (χ4v) is 2.96. The van der Waals surface area contributed by atoms with Gasteiger partial charge in [0.05, 0.1) is 4.90 Å². The van der Waals surface area contributed by atoms with E-state index in [1.165, 1.54) is 0 Å². The van der Waals surface area contributed by atoms with Crippen molar-refractivity contribution >= 4 is 32.6 Å². The molecular weight excluding hydrogens is 375 g/mol. The summed E-state index contributed by atoms with van der Waals surface area (Å²) in [4.78, 5) is 4.28. The van der Waals surface area contributed by atoms with E-state index in [1.807, 2.05) is 12.1 Å². The Balaban J connectivity index is 1.97. The lowest BCUT2D eigenvalue weighted by molar-refractivity contribution is 0.581. The van der Waals surface area contributed by atoms with Gasteiger partial charge < -0.3 is 0 Å². The van der Waals surface area contributed by atoms with Crippen molar-refractivity contribution in [2.24, 2.45) is 0 Å². The van der Waals surface area contributed by atoms with Gasteiger partial charge in [-0.2, -0.15) is 0 Å². The second-order valence-electron chi connectivity index (χ2n) is 3.96. The summed E-state index contributed by atoms with van der Waals surface area (Å²) in [5.41, 5.74) is 1.01. The van der Waals surface area contributed by atoms with Crippen LogP contribution in [0.5, 0.6) is 0 Å². The number of pyridine rings is 1. The third-order valence-electron chi connectivity index (χ3n) is 2.55. The lowest BCUT2D eigenvalue weighted by Crippen LogP contribution is -2.26. The van der Waals surface area contributed by atoms with Crippen molar-refractivity contribution in [1.29, 1.82) is 0 Å². The van der Waals surface area contributed by atoms with Crippen LogP contribution in [0.25, 0.3) is 0 Å². The van der Waals surface area contributed by atoms with Crippen molar-refractivity contribution in [3.8, 4) is 0 Å². The summed E-state index contributed by atoms with van der Waals surface area (Å²) in [7, 11) is -3.42. The average molecular weight is 388 g/mol. The van der Waals surface area contributed by atoms with Crippen LogP contribution in [0.1, 0.15) is 5.56 Å². The monoisotopic (exact) mass is 388 g/mol. The van der Waals surface area contributed by atoms with Gasteiger partial charge in [-0.25, -0.2) is 13.1 Å². The molecule has 0 saturated heterocycles. The van der Waals surface area contributed by atoms with Crippen LogP contribution in [0.4, 0.5) is 0 Å². The van der Waals surface area contributed by atoms with E-state index >= 15 is 0 Å². The third kappa shape index (κ3) is 4.26. The summed E-state index contributed by atoms with van der Waals surface area (Å²) < 4.78 is 27.6. The Morgan fingerprint density at radius 3 is 2.53 bits per heavy atom. The minimum atomic E-state index is -3.42. The molecule has 0 unspecified atom stereocenters. The van der Waals surface area contributed by atoms with Gasteiger partial charge in [0.1, 0.15) is 0 Å². The van der Waals surface area contributed by atoms with Gasteiger partial charge in [-0.1, -0.05) is 6.07 Å². The van der Waals surface area contributed by atoms with Gasteiger partial charge in [0.2, 0.25) is 10.0 Å². The van der Waals surface area contributed by atoms with Crippen molar-refractivity contribution in [2.45, 2.75) is 11.3 Å². The third-order valence-corrected chi connectivity index (χ3v) is 4.75. The Hall–Kier alpha value is -0.990. The number of aromatic nitrogens is 1. The van der Waals surface area contributed by atoms with Gasteiger partial charge >= 0.3 is 0 Å². The van der Waals surface area contributed by atoms with Gasteiger partial charge in [0, 0.05) is 22.5 Å². The molecule has 0 aliphatic heterocycles. The first-order chi connectivity index (χ1) is 9.08. The molecule has 1 N–H and O–H groups in total. The lowest BCUT2D eigenvalue weighted by Gasteiger charge is -2.06. The van der Waals surface area contributed by atoms with Crippen molar-refractivity contribution in [3.63, 3.8) is 0 Å². The molecule has 0 radical (unpaired) electrons. The Kier molecular flexibility index (Phi) is 4.89. The molecule has 1 heterocycles. The zero-order chi connectivity index (χ0) is 13.7. The minimum absolute atomic E-state index is 0.291. The summed E-state index contributed by atoms with van der Waals surface area (Å²) in [6.07, 6.45) is 4.05. The Morgan fingerprint density at radius 1 is 1.16 bits per heavy atom. The number of nitrogens with one attached hydrogen (secondary N) is 1. The molecule has 2 aromatic rings. The van der Waals surface area contributed by atoms with E-state index in [1.54, 1.807) is 36.7 Å². The van der Waals surface area contributed by atoms with E-state index in [9.17, 15) is 8.42 Å². The first-order valence-electron chi connectivity index (χ1n) is 5.72. The molecule has 1 aromatic carbocycles. The van der Waals surface area contributed by atoms with Gasteiger partial charge in [-0.15, -0.1) is 0 Å². The molecule has 0 aliphatic rings. The van der Waals surface area contributed by atoms with Crippen LogP contribution in [0.2, 0.25) is 0 Å². The number of nitrogens with zero attached hydrogens (tertiary/aromatic N) is 1. The van der Waals surface area contributed by atoms with Crippen LogP contribution >= 0.6 is 22.6 Å². The lowest BCUT2D eigenvalue weighted by atomic mass is 10.2. The molecule has 0 atom stereocenters. The van der Waals surface area contributed by atoms with Crippen LogP contribution in [0, 0.1) is 3.57 Å².